The minimum Gasteiger partial charge on any atom is -0.485 e. The molecule has 2 atom stereocenters. The molecule has 0 bridgehead atoms. The zero-order valence-corrected chi connectivity index (χ0v) is 20.7. The van der Waals surface area contributed by atoms with Crippen LogP contribution in [0.15, 0.2) is 83.3 Å². The largest absolute Gasteiger partial charge is 0.485 e. The van der Waals surface area contributed by atoms with Crippen LogP contribution in [-0.2, 0) is 34.2 Å². The van der Waals surface area contributed by atoms with Crippen molar-refractivity contribution < 1.29 is 28.8 Å². The predicted molar refractivity (Wildman–Crippen MR) is 137 cm³/mol. The molecule has 2 amide bonds. The van der Waals surface area contributed by atoms with Gasteiger partial charge < -0.3 is 14.5 Å². The molecule has 1 fully saturated rings. The van der Waals surface area contributed by atoms with E-state index < -0.39 is 23.2 Å². The number of anilines is 1. The molecule has 0 N–H and O–H groups in total. The lowest BCUT2D eigenvalue weighted by molar-refractivity contribution is -0.198. The number of ether oxygens (including phenoxy) is 1. The van der Waals surface area contributed by atoms with Crippen LogP contribution < -0.4 is 4.90 Å². The van der Waals surface area contributed by atoms with Gasteiger partial charge in [0.25, 0.3) is 11.8 Å². The van der Waals surface area contributed by atoms with Gasteiger partial charge in [-0.05, 0) is 47.6 Å². The van der Waals surface area contributed by atoms with Crippen molar-refractivity contribution in [3.63, 3.8) is 0 Å². The molecule has 0 radical (unpaired) electrons. The topological polar surface area (TPSA) is 93.2 Å². The molecule has 7 rings (SSSR count). The van der Waals surface area contributed by atoms with Crippen molar-refractivity contribution in [1.29, 1.82) is 0 Å². The average Bonchev–Trinajstić information content (AvgIpc) is 3.36. The third-order valence-corrected chi connectivity index (χ3v) is 8.04. The number of carbonyl (C=O) groups is 4. The van der Waals surface area contributed by atoms with Gasteiger partial charge in [-0.2, -0.15) is 0 Å². The SMILES string of the molecule is CC1(CC(=O)ON2C(=O)CCC2=O)C2=C3C=C4C=CC(=O)C=C4OC3CCN2c2ccc3ccccc3c21. The standard InChI is InChI=1S/C30H24N2O6/c1-30(16-27(36)38-32-25(34)10-11-26(32)35)28-20-5-3-2-4-17(20)7-9-22(28)31-13-12-23-21(29(30)31)14-18-6-8-19(33)15-24(18)37-23/h2-9,14-15,23H,10-13,16H2,1H3. The Morgan fingerprint density at radius 1 is 1.05 bits per heavy atom. The van der Waals surface area contributed by atoms with Crippen molar-refractivity contribution in [2.24, 2.45) is 0 Å². The van der Waals surface area contributed by atoms with Gasteiger partial charge in [0.1, 0.15) is 11.9 Å². The molecule has 8 nitrogen and oxygen atoms in total. The van der Waals surface area contributed by atoms with Gasteiger partial charge in [0.2, 0.25) is 0 Å². The van der Waals surface area contributed by atoms with Gasteiger partial charge in [0.05, 0.1) is 6.42 Å². The van der Waals surface area contributed by atoms with Crippen molar-refractivity contribution in [3.05, 3.63) is 88.9 Å². The summed E-state index contributed by atoms with van der Waals surface area (Å²) in [6.45, 7) is 2.69. The number of imide groups is 1. The first-order valence-electron chi connectivity index (χ1n) is 12.8. The predicted octanol–water partition coefficient (Wildman–Crippen LogP) is 3.92. The second kappa shape index (κ2) is 8.02. The molecule has 0 aromatic heterocycles. The summed E-state index contributed by atoms with van der Waals surface area (Å²) in [6, 6.07) is 12.2. The lowest BCUT2D eigenvalue weighted by atomic mass is 9.73. The van der Waals surface area contributed by atoms with Crippen LogP contribution in [0.4, 0.5) is 5.69 Å². The van der Waals surface area contributed by atoms with Crippen molar-refractivity contribution in [1.82, 2.24) is 5.06 Å². The molecule has 190 valence electrons. The molecule has 0 spiro atoms. The highest BCUT2D eigenvalue weighted by molar-refractivity contribution is 6.03. The first-order chi connectivity index (χ1) is 18.3. The number of nitrogens with zero attached hydrogens (tertiary/aromatic N) is 2. The number of hydroxylamine groups is 2. The van der Waals surface area contributed by atoms with Crippen LogP contribution >= 0.6 is 0 Å². The van der Waals surface area contributed by atoms with Crippen LogP contribution in [0.5, 0.6) is 0 Å². The van der Waals surface area contributed by atoms with Gasteiger partial charge in [0, 0.05) is 59.8 Å². The van der Waals surface area contributed by atoms with E-state index in [-0.39, 0.29) is 31.1 Å². The molecule has 38 heavy (non-hydrogen) atoms. The van der Waals surface area contributed by atoms with Crippen molar-refractivity contribution in [3.8, 4) is 0 Å². The molecule has 1 aliphatic carbocycles. The molecule has 2 aromatic carbocycles. The number of hydrogen-bond donors (Lipinski definition) is 0. The number of rotatable bonds is 3. The highest BCUT2D eigenvalue weighted by Gasteiger charge is 2.51. The van der Waals surface area contributed by atoms with Crippen molar-refractivity contribution >= 4 is 40.0 Å². The first kappa shape index (κ1) is 22.7. The van der Waals surface area contributed by atoms with Crippen molar-refractivity contribution in [2.75, 3.05) is 11.4 Å². The Morgan fingerprint density at radius 3 is 2.66 bits per heavy atom. The molecule has 8 heteroatoms. The second-order valence-electron chi connectivity index (χ2n) is 10.4. The number of amides is 2. The van der Waals surface area contributed by atoms with Crippen LogP contribution in [0, 0.1) is 0 Å². The minimum absolute atomic E-state index is 0.0401. The molecule has 5 aliphatic rings. The Balaban J connectivity index is 1.40. The smallest absolute Gasteiger partial charge is 0.334 e. The Morgan fingerprint density at radius 2 is 1.84 bits per heavy atom. The normalized spacial score (nSPS) is 25.5. The zero-order valence-electron chi connectivity index (χ0n) is 20.7. The van der Waals surface area contributed by atoms with E-state index in [9.17, 15) is 19.2 Å². The summed E-state index contributed by atoms with van der Waals surface area (Å²) in [5.74, 6) is -1.20. The molecule has 4 aliphatic heterocycles. The Kier molecular flexibility index (Phi) is 4.79. The molecule has 0 saturated carbocycles. The Labute approximate surface area is 218 Å². The number of hydrogen-bond acceptors (Lipinski definition) is 7. The van der Waals surface area contributed by atoms with Crippen molar-refractivity contribution in [2.45, 2.75) is 44.1 Å². The monoisotopic (exact) mass is 508 g/mol. The highest BCUT2D eigenvalue weighted by Crippen LogP contribution is 2.56. The number of carbonyl (C=O) groups excluding carboxylic acids is 4. The van der Waals surface area contributed by atoms with Crippen LogP contribution in [-0.4, -0.2) is 41.3 Å². The van der Waals surface area contributed by atoms with E-state index in [1.165, 1.54) is 12.2 Å². The first-order valence-corrected chi connectivity index (χ1v) is 12.8. The summed E-state index contributed by atoms with van der Waals surface area (Å²) in [5.41, 5.74) is 3.89. The van der Waals surface area contributed by atoms with Crippen LogP contribution in [0.1, 0.15) is 38.2 Å². The summed E-state index contributed by atoms with van der Waals surface area (Å²) in [5, 5.41) is 2.69. The van der Waals surface area contributed by atoms with Gasteiger partial charge in [-0.25, -0.2) is 4.79 Å². The van der Waals surface area contributed by atoms with E-state index in [2.05, 4.69) is 29.2 Å². The number of fused-ring (bicyclic) bond motifs is 7. The molecule has 2 unspecified atom stereocenters. The molecule has 4 heterocycles. The van der Waals surface area contributed by atoms with Gasteiger partial charge in [0.15, 0.2) is 5.78 Å². The number of ketones is 1. The van der Waals surface area contributed by atoms with Gasteiger partial charge >= 0.3 is 5.97 Å². The van der Waals surface area contributed by atoms with E-state index >= 15 is 0 Å². The highest BCUT2D eigenvalue weighted by atomic mass is 16.7. The van der Waals surface area contributed by atoms with E-state index in [0.29, 0.717) is 23.8 Å². The Bertz CT molecular complexity index is 1600. The maximum absolute atomic E-state index is 13.4. The van der Waals surface area contributed by atoms with E-state index in [4.69, 9.17) is 9.57 Å². The minimum atomic E-state index is -0.830. The molecular weight excluding hydrogens is 484 g/mol. The number of benzene rings is 2. The Hall–Kier alpha value is -4.46. The van der Waals surface area contributed by atoms with Crippen LogP contribution in [0.25, 0.3) is 10.8 Å². The lowest BCUT2D eigenvalue weighted by Gasteiger charge is -2.41. The summed E-state index contributed by atoms with van der Waals surface area (Å²) >= 11 is 0. The van der Waals surface area contributed by atoms with E-state index in [0.717, 1.165) is 38.9 Å². The maximum atomic E-state index is 13.4. The molecule has 1 saturated heterocycles. The van der Waals surface area contributed by atoms with Gasteiger partial charge in [-0.15, -0.1) is 5.06 Å². The molecular formula is C30H24N2O6. The van der Waals surface area contributed by atoms with Crippen LogP contribution in [0.2, 0.25) is 0 Å². The van der Waals surface area contributed by atoms with Crippen LogP contribution in [0.3, 0.4) is 0 Å². The van der Waals surface area contributed by atoms with Gasteiger partial charge in [-0.1, -0.05) is 30.3 Å². The summed E-state index contributed by atoms with van der Waals surface area (Å²) in [7, 11) is 0. The summed E-state index contributed by atoms with van der Waals surface area (Å²) in [4.78, 5) is 57.2. The maximum Gasteiger partial charge on any atom is 0.334 e. The fourth-order valence-corrected chi connectivity index (χ4v) is 6.46. The summed E-state index contributed by atoms with van der Waals surface area (Å²) < 4.78 is 6.32. The van der Waals surface area contributed by atoms with Gasteiger partial charge in [-0.3, -0.25) is 14.4 Å². The third kappa shape index (κ3) is 3.22. The third-order valence-electron chi connectivity index (χ3n) is 8.04. The van der Waals surface area contributed by atoms with E-state index in [1.54, 1.807) is 6.08 Å². The lowest BCUT2D eigenvalue weighted by Crippen LogP contribution is -2.42. The fraction of sp³-hybridized carbons (Fsp3) is 0.267. The van der Waals surface area contributed by atoms with E-state index in [1.807, 2.05) is 25.1 Å². The molecule has 2 aromatic rings. The second-order valence-corrected chi connectivity index (χ2v) is 10.4. The number of allylic oxidation sites excluding steroid dienone is 4. The summed E-state index contributed by atoms with van der Waals surface area (Å²) in [6.07, 6.45) is 7.28. The average molecular weight is 509 g/mol. The zero-order chi connectivity index (χ0) is 26.2. The quantitative estimate of drug-likeness (QED) is 0.580. The fourth-order valence-electron chi connectivity index (χ4n) is 6.46.